The highest BCUT2D eigenvalue weighted by atomic mass is 16.5. The van der Waals surface area contributed by atoms with Crippen LogP contribution in [0, 0.1) is 0 Å². The molecule has 0 radical (unpaired) electrons. The Labute approximate surface area is 113 Å². The Morgan fingerprint density at radius 2 is 1.74 bits per heavy atom. The first-order chi connectivity index (χ1) is 9.22. The topological polar surface area (TPSA) is 52.3 Å². The standard InChI is InChI=1S/C16H17NO2/c1-2-14(16(17)18)19-15-11-7-6-10-13(15)12-8-4-3-5-9-12/h3-11,14H,2H2,1H3,(H2,17,18)/t14-/m0/s1. The fraction of sp³-hybridized carbons (Fsp3) is 0.188. The minimum atomic E-state index is -0.593. The first kappa shape index (κ1) is 13.1. The van der Waals surface area contributed by atoms with Gasteiger partial charge in [-0.25, -0.2) is 0 Å². The van der Waals surface area contributed by atoms with E-state index in [0.29, 0.717) is 12.2 Å². The molecule has 0 bridgehead atoms. The van der Waals surface area contributed by atoms with Gasteiger partial charge < -0.3 is 10.5 Å². The fourth-order valence-electron chi connectivity index (χ4n) is 1.92. The number of ether oxygens (including phenoxy) is 1. The van der Waals surface area contributed by atoms with E-state index in [-0.39, 0.29) is 0 Å². The summed E-state index contributed by atoms with van der Waals surface area (Å²) in [6.07, 6.45) is -0.0387. The number of carbonyl (C=O) groups is 1. The van der Waals surface area contributed by atoms with Crippen LogP contribution in [0.15, 0.2) is 54.6 Å². The van der Waals surface area contributed by atoms with Crippen LogP contribution in [0.5, 0.6) is 5.75 Å². The van der Waals surface area contributed by atoms with Crippen molar-refractivity contribution in [2.75, 3.05) is 0 Å². The molecule has 2 aromatic rings. The number of carbonyl (C=O) groups excluding carboxylic acids is 1. The Bertz CT molecular complexity index is 552. The summed E-state index contributed by atoms with van der Waals surface area (Å²) >= 11 is 0. The summed E-state index contributed by atoms with van der Waals surface area (Å²) in [5.74, 6) is 0.240. The monoisotopic (exact) mass is 255 g/mol. The normalized spacial score (nSPS) is 11.8. The zero-order valence-electron chi connectivity index (χ0n) is 10.9. The van der Waals surface area contributed by atoms with Crippen molar-refractivity contribution in [3.8, 4) is 16.9 Å². The average molecular weight is 255 g/mol. The lowest BCUT2D eigenvalue weighted by Crippen LogP contribution is -2.33. The Kier molecular flexibility index (Phi) is 4.18. The van der Waals surface area contributed by atoms with Crippen LogP contribution in [0.4, 0.5) is 0 Å². The van der Waals surface area contributed by atoms with Crippen molar-refractivity contribution in [1.82, 2.24) is 0 Å². The van der Waals surface area contributed by atoms with Crippen molar-refractivity contribution in [3.63, 3.8) is 0 Å². The summed E-state index contributed by atoms with van der Waals surface area (Å²) in [6, 6.07) is 17.6. The first-order valence-electron chi connectivity index (χ1n) is 6.32. The lowest BCUT2D eigenvalue weighted by atomic mass is 10.0. The summed E-state index contributed by atoms with van der Waals surface area (Å²) in [5, 5.41) is 0. The number of primary amides is 1. The predicted octanol–water partition coefficient (Wildman–Crippen LogP) is 3.00. The van der Waals surface area contributed by atoms with Gasteiger partial charge in [-0.2, -0.15) is 0 Å². The van der Waals surface area contributed by atoms with Gasteiger partial charge >= 0.3 is 0 Å². The van der Waals surface area contributed by atoms with Crippen molar-refractivity contribution in [1.29, 1.82) is 0 Å². The predicted molar refractivity (Wildman–Crippen MR) is 75.8 cm³/mol. The number of amides is 1. The first-order valence-corrected chi connectivity index (χ1v) is 6.32. The van der Waals surface area contributed by atoms with Gasteiger partial charge in [0.1, 0.15) is 5.75 Å². The second-order valence-corrected chi connectivity index (χ2v) is 4.28. The van der Waals surface area contributed by atoms with E-state index in [4.69, 9.17) is 10.5 Å². The fourth-order valence-corrected chi connectivity index (χ4v) is 1.92. The van der Waals surface area contributed by atoms with Crippen molar-refractivity contribution in [3.05, 3.63) is 54.6 Å². The number of benzene rings is 2. The molecule has 0 saturated heterocycles. The zero-order valence-corrected chi connectivity index (χ0v) is 10.9. The van der Waals surface area contributed by atoms with E-state index in [1.807, 2.05) is 61.5 Å². The van der Waals surface area contributed by atoms with Gasteiger partial charge in [-0.3, -0.25) is 4.79 Å². The van der Waals surface area contributed by atoms with Gasteiger partial charge in [0.15, 0.2) is 6.10 Å². The van der Waals surface area contributed by atoms with Gasteiger partial charge in [-0.05, 0) is 18.1 Å². The van der Waals surface area contributed by atoms with Crippen LogP contribution in [-0.4, -0.2) is 12.0 Å². The molecule has 0 aliphatic rings. The molecule has 98 valence electrons. The molecule has 3 heteroatoms. The molecule has 1 amide bonds. The third-order valence-electron chi connectivity index (χ3n) is 2.93. The highest BCUT2D eigenvalue weighted by Crippen LogP contribution is 2.30. The van der Waals surface area contributed by atoms with Crippen molar-refractivity contribution in [2.24, 2.45) is 5.73 Å². The van der Waals surface area contributed by atoms with Gasteiger partial charge in [0.05, 0.1) is 0 Å². The number of para-hydroxylation sites is 1. The highest BCUT2D eigenvalue weighted by molar-refractivity contribution is 5.80. The van der Waals surface area contributed by atoms with Crippen LogP contribution in [0.1, 0.15) is 13.3 Å². The Balaban J connectivity index is 2.34. The molecule has 2 N–H and O–H groups in total. The molecule has 2 aromatic carbocycles. The van der Waals surface area contributed by atoms with Gasteiger partial charge in [0, 0.05) is 5.56 Å². The molecule has 0 aliphatic heterocycles. The Morgan fingerprint density at radius 1 is 1.11 bits per heavy atom. The molecule has 3 nitrogen and oxygen atoms in total. The molecule has 0 unspecified atom stereocenters. The van der Waals surface area contributed by atoms with E-state index >= 15 is 0 Å². The van der Waals surface area contributed by atoms with E-state index < -0.39 is 12.0 Å². The molecule has 1 atom stereocenters. The number of rotatable bonds is 5. The maximum atomic E-state index is 11.3. The Morgan fingerprint density at radius 3 is 2.37 bits per heavy atom. The second kappa shape index (κ2) is 6.05. The summed E-state index contributed by atoms with van der Waals surface area (Å²) in [5.41, 5.74) is 7.33. The van der Waals surface area contributed by atoms with Gasteiger partial charge in [-0.15, -0.1) is 0 Å². The highest BCUT2D eigenvalue weighted by Gasteiger charge is 2.16. The van der Waals surface area contributed by atoms with Gasteiger partial charge in [0.25, 0.3) is 5.91 Å². The second-order valence-electron chi connectivity index (χ2n) is 4.28. The van der Waals surface area contributed by atoms with Gasteiger partial charge in [-0.1, -0.05) is 55.5 Å². The summed E-state index contributed by atoms with van der Waals surface area (Å²) in [7, 11) is 0. The Hall–Kier alpha value is -2.29. The molecule has 0 heterocycles. The summed E-state index contributed by atoms with van der Waals surface area (Å²) < 4.78 is 5.74. The lowest BCUT2D eigenvalue weighted by molar-refractivity contribution is -0.124. The third kappa shape index (κ3) is 3.13. The molecule has 0 aromatic heterocycles. The quantitative estimate of drug-likeness (QED) is 0.893. The smallest absolute Gasteiger partial charge is 0.258 e. The van der Waals surface area contributed by atoms with Crippen LogP contribution in [-0.2, 0) is 4.79 Å². The zero-order chi connectivity index (χ0) is 13.7. The minimum absolute atomic E-state index is 0.439. The molecule has 0 spiro atoms. The molecular formula is C16H17NO2. The van der Waals surface area contributed by atoms with Crippen LogP contribution in [0.3, 0.4) is 0 Å². The number of nitrogens with two attached hydrogens (primary N) is 1. The lowest BCUT2D eigenvalue weighted by Gasteiger charge is -2.17. The largest absolute Gasteiger partial charge is 0.480 e. The molecule has 0 aliphatic carbocycles. The average Bonchev–Trinajstić information content (AvgIpc) is 2.45. The van der Waals surface area contributed by atoms with Crippen molar-refractivity contribution >= 4 is 5.91 Å². The number of hydrogen-bond donors (Lipinski definition) is 1. The molecular weight excluding hydrogens is 238 g/mol. The van der Waals surface area contributed by atoms with Crippen molar-refractivity contribution < 1.29 is 9.53 Å². The van der Waals surface area contributed by atoms with Crippen molar-refractivity contribution in [2.45, 2.75) is 19.4 Å². The van der Waals surface area contributed by atoms with E-state index in [9.17, 15) is 4.79 Å². The summed E-state index contributed by atoms with van der Waals surface area (Å²) in [6.45, 7) is 1.88. The van der Waals surface area contributed by atoms with Crippen LogP contribution >= 0.6 is 0 Å². The van der Waals surface area contributed by atoms with Gasteiger partial charge in [0.2, 0.25) is 0 Å². The van der Waals surface area contributed by atoms with E-state index in [1.165, 1.54) is 0 Å². The van der Waals surface area contributed by atoms with Crippen LogP contribution in [0.25, 0.3) is 11.1 Å². The molecule has 2 rings (SSSR count). The number of hydrogen-bond acceptors (Lipinski definition) is 2. The van der Waals surface area contributed by atoms with E-state index in [1.54, 1.807) is 0 Å². The molecule has 0 saturated carbocycles. The van der Waals surface area contributed by atoms with Crippen LogP contribution < -0.4 is 10.5 Å². The summed E-state index contributed by atoms with van der Waals surface area (Å²) in [4.78, 5) is 11.3. The molecule has 0 fully saturated rings. The maximum Gasteiger partial charge on any atom is 0.258 e. The van der Waals surface area contributed by atoms with E-state index in [0.717, 1.165) is 11.1 Å². The molecule has 19 heavy (non-hydrogen) atoms. The maximum absolute atomic E-state index is 11.3. The minimum Gasteiger partial charge on any atom is -0.480 e. The third-order valence-corrected chi connectivity index (χ3v) is 2.93. The van der Waals surface area contributed by atoms with Crippen LogP contribution in [0.2, 0.25) is 0 Å². The SMILES string of the molecule is CC[C@H](Oc1ccccc1-c1ccccc1)C(N)=O. The van der Waals surface area contributed by atoms with E-state index in [2.05, 4.69) is 0 Å².